The number of hydrogen-bond acceptors (Lipinski definition) is 7. The molecule has 0 aliphatic carbocycles. The Kier molecular flexibility index (Phi) is 5.37. The van der Waals surface area contributed by atoms with Gasteiger partial charge in [-0.05, 0) is 46.1 Å². The molecule has 0 spiro atoms. The van der Waals surface area contributed by atoms with Crippen LogP contribution < -0.4 is 10.6 Å². The van der Waals surface area contributed by atoms with E-state index in [2.05, 4.69) is 41.5 Å². The summed E-state index contributed by atoms with van der Waals surface area (Å²) in [5.74, 6) is 0.622. The molecule has 26 heavy (non-hydrogen) atoms. The molecule has 0 radical (unpaired) electrons. The Morgan fingerprint density at radius 1 is 1.08 bits per heavy atom. The second-order valence-electron chi connectivity index (χ2n) is 5.30. The summed E-state index contributed by atoms with van der Waals surface area (Å²) in [6, 6.07) is 11.1. The number of anilines is 4. The third-order valence-electron chi connectivity index (χ3n) is 3.63. The largest absolute Gasteiger partial charge is 0.353 e. The Labute approximate surface area is 158 Å². The van der Waals surface area contributed by atoms with E-state index in [-0.39, 0.29) is 17.3 Å². The number of aromatic nitrogens is 3. The summed E-state index contributed by atoms with van der Waals surface area (Å²) in [4.78, 5) is 23.3. The minimum absolute atomic E-state index is 0.0660. The van der Waals surface area contributed by atoms with Crippen molar-refractivity contribution in [3.05, 3.63) is 69.1 Å². The molecule has 1 aromatic carbocycles. The molecular weight excluding hydrogens is 400 g/mol. The van der Waals surface area contributed by atoms with Gasteiger partial charge in [-0.25, -0.2) is 15.0 Å². The van der Waals surface area contributed by atoms with Crippen LogP contribution >= 0.6 is 15.9 Å². The smallest absolute Gasteiger partial charge is 0.334 e. The van der Waals surface area contributed by atoms with Crippen molar-refractivity contribution in [2.45, 2.75) is 13.3 Å². The van der Waals surface area contributed by atoms with Crippen LogP contribution in [-0.2, 0) is 6.42 Å². The van der Waals surface area contributed by atoms with Crippen LogP contribution in [-0.4, -0.2) is 19.9 Å². The number of nitrogens with one attached hydrogen (secondary N) is 2. The summed E-state index contributed by atoms with van der Waals surface area (Å²) in [6.45, 7) is 2.01. The molecule has 0 fully saturated rings. The molecule has 132 valence electrons. The summed E-state index contributed by atoms with van der Waals surface area (Å²) in [6.07, 6.45) is 3.65. The van der Waals surface area contributed by atoms with Crippen LogP contribution in [0.1, 0.15) is 12.5 Å². The van der Waals surface area contributed by atoms with E-state index in [1.54, 1.807) is 18.3 Å². The zero-order valence-electron chi connectivity index (χ0n) is 13.8. The fourth-order valence-electron chi connectivity index (χ4n) is 2.38. The van der Waals surface area contributed by atoms with Gasteiger partial charge in [-0.3, -0.25) is 10.1 Å². The number of rotatable bonds is 6. The number of pyridine rings is 1. The summed E-state index contributed by atoms with van der Waals surface area (Å²) >= 11 is 3.30. The van der Waals surface area contributed by atoms with E-state index in [1.807, 2.05) is 31.2 Å². The van der Waals surface area contributed by atoms with E-state index in [4.69, 9.17) is 0 Å². The molecule has 8 nitrogen and oxygen atoms in total. The second-order valence-corrected chi connectivity index (χ2v) is 6.21. The van der Waals surface area contributed by atoms with Crippen molar-refractivity contribution in [3.8, 4) is 0 Å². The van der Waals surface area contributed by atoms with E-state index in [1.165, 1.54) is 6.33 Å². The number of halogens is 1. The van der Waals surface area contributed by atoms with Crippen LogP contribution in [0, 0.1) is 10.1 Å². The number of aryl methyl sites for hydroxylation is 1. The lowest BCUT2D eigenvalue weighted by Crippen LogP contribution is -2.06. The lowest BCUT2D eigenvalue weighted by molar-refractivity contribution is -0.383. The molecule has 0 bridgehead atoms. The van der Waals surface area contributed by atoms with Gasteiger partial charge in [0, 0.05) is 16.4 Å². The van der Waals surface area contributed by atoms with Gasteiger partial charge in [-0.15, -0.1) is 0 Å². The van der Waals surface area contributed by atoms with Gasteiger partial charge in [-0.2, -0.15) is 0 Å². The topological polar surface area (TPSA) is 106 Å². The Morgan fingerprint density at radius 2 is 1.81 bits per heavy atom. The Morgan fingerprint density at radius 3 is 2.46 bits per heavy atom. The average Bonchev–Trinajstić information content (AvgIpc) is 2.64. The number of nitro groups is 1. The van der Waals surface area contributed by atoms with Gasteiger partial charge in [0.2, 0.25) is 11.6 Å². The standard InChI is InChI=1S/C17H15BrN6O2/c1-2-11-5-3-4-6-13(11)22-16-15(24(25)26)17(21-10-20-16)23-14-8-7-12(18)9-19-14/h3-10H,2H2,1H3,(H2,19,20,21,22,23). The van der Waals surface area contributed by atoms with Crippen LogP contribution in [0.3, 0.4) is 0 Å². The first-order chi connectivity index (χ1) is 12.6. The quantitative estimate of drug-likeness (QED) is 0.448. The zero-order chi connectivity index (χ0) is 18.5. The van der Waals surface area contributed by atoms with Gasteiger partial charge >= 0.3 is 5.69 Å². The van der Waals surface area contributed by atoms with Crippen molar-refractivity contribution >= 4 is 44.8 Å². The first-order valence-corrected chi connectivity index (χ1v) is 8.60. The molecule has 0 aliphatic rings. The molecule has 0 atom stereocenters. The molecule has 0 saturated heterocycles. The zero-order valence-corrected chi connectivity index (χ0v) is 15.4. The highest BCUT2D eigenvalue weighted by atomic mass is 79.9. The van der Waals surface area contributed by atoms with E-state index in [9.17, 15) is 10.1 Å². The highest BCUT2D eigenvalue weighted by molar-refractivity contribution is 9.10. The van der Waals surface area contributed by atoms with Crippen LogP contribution in [0.2, 0.25) is 0 Å². The van der Waals surface area contributed by atoms with Crippen LogP contribution in [0.15, 0.2) is 53.4 Å². The third kappa shape index (κ3) is 3.94. The van der Waals surface area contributed by atoms with Gasteiger partial charge in [0.25, 0.3) is 0 Å². The minimum Gasteiger partial charge on any atom is -0.334 e. The highest BCUT2D eigenvalue weighted by Crippen LogP contribution is 2.33. The predicted octanol–water partition coefficient (Wildman–Crippen LogP) is 4.59. The molecule has 2 aromatic heterocycles. The SMILES string of the molecule is CCc1ccccc1Nc1ncnc(Nc2ccc(Br)cn2)c1[N+](=O)[O-]. The number of para-hydroxylation sites is 1. The van der Waals surface area contributed by atoms with Crippen LogP contribution in [0.25, 0.3) is 0 Å². The molecule has 0 aliphatic heterocycles. The van der Waals surface area contributed by atoms with Crippen molar-refractivity contribution in [1.82, 2.24) is 15.0 Å². The lowest BCUT2D eigenvalue weighted by atomic mass is 10.1. The summed E-state index contributed by atoms with van der Waals surface area (Å²) < 4.78 is 0.804. The van der Waals surface area contributed by atoms with Crippen molar-refractivity contribution < 1.29 is 4.92 Å². The minimum atomic E-state index is -0.516. The van der Waals surface area contributed by atoms with Crippen molar-refractivity contribution in [1.29, 1.82) is 0 Å². The Balaban J connectivity index is 1.98. The van der Waals surface area contributed by atoms with Gasteiger partial charge in [0.05, 0.1) is 4.92 Å². The fraction of sp³-hybridized carbons (Fsp3) is 0.118. The molecule has 9 heteroatoms. The molecular formula is C17H15BrN6O2. The summed E-state index contributed by atoms with van der Waals surface area (Å²) in [5, 5.41) is 17.6. The first kappa shape index (κ1) is 17.7. The molecule has 0 amide bonds. The third-order valence-corrected chi connectivity index (χ3v) is 4.10. The normalized spacial score (nSPS) is 10.4. The van der Waals surface area contributed by atoms with Gasteiger partial charge in [0.1, 0.15) is 12.1 Å². The number of hydrogen-bond donors (Lipinski definition) is 2. The van der Waals surface area contributed by atoms with Crippen molar-refractivity contribution in [2.75, 3.05) is 10.6 Å². The maximum absolute atomic E-state index is 11.6. The van der Waals surface area contributed by atoms with E-state index >= 15 is 0 Å². The second kappa shape index (κ2) is 7.87. The fourth-order valence-corrected chi connectivity index (χ4v) is 2.62. The number of nitrogens with zero attached hydrogens (tertiary/aromatic N) is 4. The van der Waals surface area contributed by atoms with Crippen molar-refractivity contribution in [3.63, 3.8) is 0 Å². The molecule has 2 N–H and O–H groups in total. The first-order valence-electron chi connectivity index (χ1n) is 7.81. The van der Waals surface area contributed by atoms with Gasteiger partial charge in [-0.1, -0.05) is 25.1 Å². The molecule has 3 rings (SSSR count). The maximum Gasteiger partial charge on any atom is 0.353 e. The van der Waals surface area contributed by atoms with Crippen molar-refractivity contribution in [2.24, 2.45) is 0 Å². The monoisotopic (exact) mass is 414 g/mol. The van der Waals surface area contributed by atoms with E-state index in [0.717, 1.165) is 22.1 Å². The maximum atomic E-state index is 11.6. The molecule has 0 unspecified atom stereocenters. The van der Waals surface area contributed by atoms with Crippen LogP contribution in [0.4, 0.5) is 28.8 Å². The van der Waals surface area contributed by atoms with Crippen LogP contribution in [0.5, 0.6) is 0 Å². The molecule has 2 heterocycles. The Bertz CT molecular complexity index is 933. The highest BCUT2D eigenvalue weighted by Gasteiger charge is 2.24. The molecule has 0 saturated carbocycles. The average molecular weight is 415 g/mol. The predicted molar refractivity (Wildman–Crippen MR) is 103 cm³/mol. The van der Waals surface area contributed by atoms with Gasteiger partial charge in [0.15, 0.2) is 0 Å². The van der Waals surface area contributed by atoms with Gasteiger partial charge < -0.3 is 10.6 Å². The van der Waals surface area contributed by atoms with E-state index < -0.39 is 4.92 Å². The number of benzene rings is 1. The van der Waals surface area contributed by atoms with E-state index in [0.29, 0.717) is 5.82 Å². The lowest BCUT2D eigenvalue weighted by Gasteiger charge is -2.12. The summed E-state index contributed by atoms with van der Waals surface area (Å²) in [7, 11) is 0. The Hall–Kier alpha value is -3.07. The summed E-state index contributed by atoms with van der Waals surface area (Å²) in [5.41, 5.74) is 1.55. The molecule has 3 aromatic rings.